The van der Waals surface area contributed by atoms with Crippen LogP contribution in [0.5, 0.6) is 0 Å². The van der Waals surface area contributed by atoms with Crippen molar-refractivity contribution in [2.24, 2.45) is 0 Å². The molecule has 0 aliphatic heterocycles. The Bertz CT molecular complexity index is 358. The molecular weight excluding hydrogens is 417 g/mol. The number of aliphatic carboxylic acids is 1. The molecule has 6 heteroatoms. The van der Waals surface area contributed by atoms with Crippen molar-refractivity contribution < 1.29 is 19.4 Å². The molecule has 1 unspecified atom stereocenters. The molecule has 0 radical (unpaired) electrons. The van der Waals surface area contributed by atoms with Gasteiger partial charge < -0.3 is 10.2 Å². The SMILES string of the molecule is O=C(O)C(O)c1c(F)cc(I)cc1I. The maximum atomic E-state index is 13.3. The smallest absolute Gasteiger partial charge is 0.337 e. The van der Waals surface area contributed by atoms with Crippen LogP contribution < -0.4 is 0 Å². The van der Waals surface area contributed by atoms with E-state index in [1.807, 2.05) is 22.6 Å². The van der Waals surface area contributed by atoms with Crippen molar-refractivity contribution in [3.05, 3.63) is 30.7 Å². The topological polar surface area (TPSA) is 57.5 Å². The molecule has 2 N–H and O–H groups in total. The van der Waals surface area contributed by atoms with Crippen LogP contribution in [0.4, 0.5) is 4.39 Å². The van der Waals surface area contributed by atoms with Gasteiger partial charge in [-0.2, -0.15) is 0 Å². The lowest BCUT2D eigenvalue weighted by atomic mass is 10.1. The van der Waals surface area contributed by atoms with Crippen LogP contribution in [0, 0.1) is 13.0 Å². The molecular formula is C8H5FI2O3. The lowest BCUT2D eigenvalue weighted by Crippen LogP contribution is -2.14. The average Bonchev–Trinajstić information content (AvgIpc) is 2.01. The van der Waals surface area contributed by atoms with Crippen LogP contribution in [0.2, 0.25) is 0 Å². The van der Waals surface area contributed by atoms with E-state index in [1.54, 1.807) is 28.7 Å². The molecule has 0 spiro atoms. The van der Waals surface area contributed by atoms with Gasteiger partial charge in [0.1, 0.15) is 5.82 Å². The number of carboxylic acids is 1. The van der Waals surface area contributed by atoms with E-state index < -0.39 is 17.9 Å². The Kier molecular flexibility index (Phi) is 4.07. The fourth-order valence-electron chi connectivity index (χ4n) is 0.938. The lowest BCUT2D eigenvalue weighted by molar-refractivity contribution is -0.147. The predicted molar refractivity (Wildman–Crippen MR) is 64.4 cm³/mol. The summed E-state index contributed by atoms with van der Waals surface area (Å²) in [6.45, 7) is 0. The van der Waals surface area contributed by atoms with Gasteiger partial charge in [-0.05, 0) is 57.3 Å². The van der Waals surface area contributed by atoms with Crippen molar-refractivity contribution >= 4 is 51.2 Å². The number of carboxylic acid groups (broad SMARTS) is 1. The normalized spacial score (nSPS) is 12.6. The summed E-state index contributed by atoms with van der Waals surface area (Å²) in [6, 6.07) is 2.79. The molecule has 0 saturated heterocycles. The molecule has 3 nitrogen and oxygen atoms in total. The van der Waals surface area contributed by atoms with Crippen molar-refractivity contribution in [2.45, 2.75) is 6.10 Å². The van der Waals surface area contributed by atoms with Crippen LogP contribution in [0.15, 0.2) is 12.1 Å². The molecule has 0 heterocycles. The molecule has 0 amide bonds. The first-order valence-corrected chi connectivity index (χ1v) is 5.64. The molecule has 0 aliphatic rings. The van der Waals surface area contributed by atoms with Crippen molar-refractivity contribution in [3.63, 3.8) is 0 Å². The number of rotatable bonds is 2. The summed E-state index contributed by atoms with van der Waals surface area (Å²) in [5.74, 6) is -2.15. The largest absolute Gasteiger partial charge is 0.479 e. The van der Waals surface area contributed by atoms with Gasteiger partial charge in [-0.15, -0.1) is 0 Å². The molecule has 14 heavy (non-hydrogen) atoms. The van der Waals surface area contributed by atoms with Gasteiger partial charge in [0.2, 0.25) is 0 Å². The third-order valence-electron chi connectivity index (χ3n) is 1.55. The second kappa shape index (κ2) is 4.71. The monoisotopic (exact) mass is 422 g/mol. The number of hydrogen-bond donors (Lipinski definition) is 2. The Morgan fingerprint density at radius 1 is 1.43 bits per heavy atom. The zero-order valence-corrected chi connectivity index (χ0v) is 11.0. The summed E-state index contributed by atoms with van der Waals surface area (Å²) in [5.41, 5.74) is -0.182. The highest BCUT2D eigenvalue weighted by molar-refractivity contribution is 14.1. The molecule has 1 aromatic rings. The maximum absolute atomic E-state index is 13.3. The van der Waals surface area contributed by atoms with E-state index in [0.717, 1.165) is 0 Å². The summed E-state index contributed by atoms with van der Waals surface area (Å²) in [5, 5.41) is 17.7. The standard InChI is InChI=1S/C8H5FI2O3/c9-4-1-3(10)2-5(11)6(4)7(12)8(13)14/h1-2,7,12H,(H,13,14). The minimum absolute atomic E-state index is 0.182. The second-order valence-electron chi connectivity index (χ2n) is 2.52. The molecule has 1 rings (SSSR count). The second-order valence-corrected chi connectivity index (χ2v) is 4.93. The minimum atomic E-state index is -1.81. The minimum Gasteiger partial charge on any atom is -0.479 e. The number of benzene rings is 1. The van der Waals surface area contributed by atoms with Crippen molar-refractivity contribution in [1.82, 2.24) is 0 Å². The van der Waals surface area contributed by atoms with Crippen LogP contribution in [0.3, 0.4) is 0 Å². The van der Waals surface area contributed by atoms with Gasteiger partial charge in [0.15, 0.2) is 6.10 Å². The molecule has 0 aliphatic carbocycles. The summed E-state index contributed by atoms with van der Waals surface area (Å²) in [6.07, 6.45) is -1.81. The van der Waals surface area contributed by atoms with Crippen LogP contribution in [0.25, 0.3) is 0 Å². The van der Waals surface area contributed by atoms with Crippen molar-refractivity contribution in [3.8, 4) is 0 Å². The Morgan fingerprint density at radius 3 is 2.43 bits per heavy atom. The Labute approximate surface area is 107 Å². The molecule has 0 fully saturated rings. The first-order chi connectivity index (χ1) is 6.43. The summed E-state index contributed by atoms with van der Waals surface area (Å²) >= 11 is 3.71. The van der Waals surface area contributed by atoms with Gasteiger partial charge in [-0.3, -0.25) is 0 Å². The number of aliphatic hydroxyl groups excluding tert-OH is 1. The van der Waals surface area contributed by atoms with Crippen LogP contribution in [-0.4, -0.2) is 16.2 Å². The Balaban J connectivity index is 3.27. The quantitative estimate of drug-likeness (QED) is 0.719. The fourth-order valence-corrected chi connectivity index (χ4v) is 3.01. The Hall–Kier alpha value is 0.0400. The molecule has 0 aromatic heterocycles. The molecule has 0 saturated carbocycles. The average molecular weight is 422 g/mol. The summed E-state index contributed by atoms with van der Waals surface area (Å²) in [4.78, 5) is 10.5. The van der Waals surface area contributed by atoms with Gasteiger partial charge in [0, 0.05) is 12.7 Å². The summed E-state index contributed by atoms with van der Waals surface area (Å²) in [7, 11) is 0. The van der Waals surface area contributed by atoms with Crippen molar-refractivity contribution in [2.75, 3.05) is 0 Å². The maximum Gasteiger partial charge on any atom is 0.337 e. The van der Waals surface area contributed by atoms with E-state index in [1.165, 1.54) is 6.07 Å². The van der Waals surface area contributed by atoms with E-state index in [9.17, 15) is 14.3 Å². The number of aliphatic hydroxyl groups is 1. The zero-order valence-electron chi connectivity index (χ0n) is 6.67. The van der Waals surface area contributed by atoms with Crippen molar-refractivity contribution in [1.29, 1.82) is 0 Å². The highest BCUT2D eigenvalue weighted by atomic mass is 127. The van der Waals surface area contributed by atoms with E-state index in [0.29, 0.717) is 7.14 Å². The van der Waals surface area contributed by atoms with Gasteiger partial charge in [-0.25, -0.2) is 9.18 Å². The molecule has 76 valence electrons. The van der Waals surface area contributed by atoms with E-state index in [2.05, 4.69) is 0 Å². The highest BCUT2D eigenvalue weighted by Crippen LogP contribution is 2.25. The molecule has 0 bridgehead atoms. The highest BCUT2D eigenvalue weighted by Gasteiger charge is 2.23. The predicted octanol–water partition coefficient (Wildman–Crippen LogP) is 2.15. The van der Waals surface area contributed by atoms with Crippen LogP contribution >= 0.6 is 45.2 Å². The van der Waals surface area contributed by atoms with Crippen LogP contribution in [0.1, 0.15) is 11.7 Å². The first-order valence-electron chi connectivity index (χ1n) is 3.48. The molecule has 1 atom stereocenters. The number of carbonyl (C=O) groups is 1. The number of hydrogen-bond acceptors (Lipinski definition) is 2. The third kappa shape index (κ3) is 2.54. The van der Waals surface area contributed by atoms with E-state index in [4.69, 9.17) is 5.11 Å². The molecule has 1 aromatic carbocycles. The van der Waals surface area contributed by atoms with E-state index in [-0.39, 0.29) is 5.56 Å². The van der Waals surface area contributed by atoms with Gasteiger partial charge >= 0.3 is 5.97 Å². The van der Waals surface area contributed by atoms with Crippen LogP contribution in [-0.2, 0) is 4.79 Å². The van der Waals surface area contributed by atoms with Gasteiger partial charge in [-0.1, -0.05) is 0 Å². The van der Waals surface area contributed by atoms with Gasteiger partial charge in [0.05, 0.1) is 0 Å². The zero-order chi connectivity index (χ0) is 10.9. The first kappa shape index (κ1) is 12.1. The Morgan fingerprint density at radius 2 is 2.00 bits per heavy atom. The van der Waals surface area contributed by atoms with Gasteiger partial charge in [0.25, 0.3) is 0 Å². The van der Waals surface area contributed by atoms with E-state index >= 15 is 0 Å². The lowest BCUT2D eigenvalue weighted by Gasteiger charge is -2.09. The third-order valence-corrected chi connectivity index (χ3v) is 3.07. The summed E-state index contributed by atoms with van der Waals surface area (Å²) < 4.78 is 14.4. The fraction of sp³-hybridized carbons (Fsp3) is 0.125. The number of halogens is 3.